The quantitative estimate of drug-likeness (QED) is 0.809. The third kappa shape index (κ3) is 2.51. The Kier molecular flexibility index (Phi) is 3.61. The summed E-state index contributed by atoms with van der Waals surface area (Å²) < 4.78 is 0. The lowest BCUT2D eigenvalue weighted by Crippen LogP contribution is -1.97. The molecule has 0 bridgehead atoms. The molecular weight excluding hydrogens is 269 g/mol. The minimum Gasteiger partial charge on any atom is -0.396 e. The number of nitriles is 1. The van der Waals surface area contributed by atoms with E-state index in [0.717, 1.165) is 0 Å². The van der Waals surface area contributed by atoms with E-state index >= 15 is 0 Å². The van der Waals surface area contributed by atoms with Gasteiger partial charge in [0.1, 0.15) is 0 Å². The Bertz CT molecular complexity index is 633. The molecule has 3 nitrogen and oxygen atoms in total. The fraction of sp³-hybridized carbons (Fsp3) is 0. The third-order valence-electron chi connectivity index (χ3n) is 2.42. The van der Waals surface area contributed by atoms with E-state index in [1.807, 2.05) is 6.07 Å². The number of para-hydroxylation sites is 1. The predicted molar refractivity (Wildman–Crippen MR) is 75.3 cm³/mol. The van der Waals surface area contributed by atoms with E-state index in [4.69, 9.17) is 34.2 Å². The number of hydrogen-bond donors (Lipinski definition) is 2. The highest BCUT2D eigenvalue weighted by atomic mass is 35.5. The summed E-state index contributed by atoms with van der Waals surface area (Å²) in [6.07, 6.45) is 0. The summed E-state index contributed by atoms with van der Waals surface area (Å²) in [5, 5.41) is 12.8. The van der Waals surface area contributed by atoms with Crippen molar-refractivity contribution in [1.29, 1.82) is 5.26 Å². The van der Waals surface area contributed by atoms with Crippen molar-refractivity contribution in [2.75, 3.05) is 11.1 Å². The van der Waals surface area contributed by atoms with Crippen LogP contribution < -0.4 is 11.1 Å². The smallest absolute Gasteiger partial charge is 0.0992 e. The summed E-state index contributed by atoms with van der Waals surface area (Å²) >= 11 is 12.0. The summed E-state index contributed by atoms with van der Waals surface area (Å²) in [5.74, 6) is 0. The summed E-state index contributed by atoms with van der Waals surface area (Å²) in [6.45, 7) is 0. The van der Waals surface area contributed by atoms with Crippen molar-refractivity contribution < 1.29 is 0 Å². The first-order valence-electron chi connectivity index (χ1n) is 5.12. The van der Waals surface area contributed by atoms with E-state index < -0.39 is 0 Å². The summed E-state index contributed by atoms with van der Waals surface area (Å²) in [6, 6.07) is 12.3. The molecule has 0 atom stereocenters. The molecule has 5 heteroatoms. The fourth-order valence-electron chi connectivity index (χ4n) is 1.48. The molecule has 0 unspecified atom stereocenters. The number of hydrogen-bond acceptors (Lipinski definition) is 3. The molecule has 0 aliphatic carbocycles. The number of nitrogens with zero attached hydrogens (tertiary/aromatic N) is 1. The molecule has 2 aromatic carbocycles. The first kappa shape index (κ1) is 12.6. The number of benzene rings is 2. The maximum Gasteiger partial charge on any atom is 0.0992 e. The Hall–Kier alpha value is -1.89. The SMILES string of the molecule is N#Cc1ccc(Nc2cccc(Cl)c2N)c(Cl)c1. The lowest BCUT2D eigenvalue weighted by Gasteiger charge is -2.11. The molecule has 0 aliphatic heterocycles. The van der Waals surface area contributed by atoms with E-state index in [1.165, 1.54) is 0 Å². The highest BCUT2D eigenvalue weighted by molar-refractivity contribution is 6.34. The standard InChI is InChI=1S/C13H9Cl2N3/c14-9-2-1-3-12(13(9)17)18-11-5-4-8(7-16)6-10(11)15/h1-6,18H,17H2. The highest BCUT2D eigenvalue weighted by Crippen LogP contribution is 2.32. The maximum atomic E-state index is 8.76. The van der Waals surface area contributed by atoms with Gasteiger partial charge >= 0.3 is 0 Å². The second kappa shape index (κ2) is 5.18. The van der Waals surface area contributed by atoms with Gasteiger partial charge in [0.2, 0.25) is 0 Å². The second-order valence-corrected chi connectivity index (χ2v) is 4.45. The Morgan fingerprint density at radius 2 is 1.83 bits per heavy atom. The average molecular weight is 278 g/mol. The van der Waals surface area contributed by atoms with Crippen LogP contribution in [-0.2, 0) is 0 Å². The number of nitrogens with two attached hydrogens (primary N) is 1. The van der Waals surface area contributed by atoms with E-state index in [2.05, 4.69) is 5.32 Å². The van der Waals surface area contributed by atoms with E-state index in [0.29, 0.717) is 32.7 Å². The molecule has 0 heterocycles. The summed E-state index contributed by atoms with van der Waals surface area (Å²) in [7, 11) is 0. The van der Waals surface area contributed by atoms with E-state index in [-0.39, 0.29) is 0 Å². The van der Waals surface area contributed by atoms with Crippen molar-refractivity contribution >= 4 is 40.3 Å². The van der Waals surface area contributed by atoms with Gasteiger partial charge in [0, 0.05) is 0 Å². The first-order valence-corrected chi connectivity index (χ1v) is 5.88. The molecule has 2 aromatic rings. The van der Waals surface area contributed by atoms with Crippen LogP contribution in [0.2, 0.25) is 10.0 Å². The predicted octanol–water partition coefficient (Wildman–Crippen LogP) is 4.19. The van der Waals surface area contributed by atoms with Crippen LogP contribution in [-0.4, -0.2) is 0 Å². The summed E-state index contributed by atoms with van der Waals surface area (Å²) in [5.41, 5.74) is 8.15. The molecule has 0 saturated heterocycles. The number of rotatable bonds is 2. The van der Waals surface area contributed by atoms with Gasteiger partial charge in [-0.25, -0.2) is 0 Å². The normalized spacial score (nSPS) is 9.83. The van der Waals surface area contributed by atoms with Crippen molar-refractivity contribution in [1.82, 2.24) is 0 Å². The number of anilines is 3. The van der Waals surface area contributed by atoms with Crippen LogP contribution in [0.3, 0.4) is 0 Å². The van der Waals surface area contributed by atoms with Crippen LogP contribution in [0.5, 0.6) is 0 Å². The zero-order valence-electron chi connectivity index (χ0n) is 9.24. The van der Waals surface area contributed by atoms with Gasteiger partial charge in [-0.2, -0.15) is 5.26 Å². The van der Waals surface area contributed by atoms with Gasteiger partial charge in [0.05, 0.1) is 38.7 Å². The molecule has 0 spiro atoms. The van der Waals surface area contributed by atoms with E-state index in [9.17, 15) is 0 Å². The first-order chi connectivity index (χ1) is 8.61. The van der Waals surface area contributed by atoms with Gasteiger partial charge < -0.3 is 11.1 Å². The molecule has 0 fully saturated rings. The number of nitrogen functional groups attached to an aromatic ring is 1. The Morgan fingerprint density at radius 1 is 1.06 bits per heavy atom. The number of halogens is 2. The van der Waals surface area contributed by atoms with Crippen LogP contribution in [0.15, 0.2) is 36.4 Å². The van der Waals surface area contributed by atoms with Gasteiger partial charge in [0.25, 0.3) is 0 Å². The molecule has 0 saturated carbocycles. The lowest BCUT2D eigenvalue weighted by atomic mass is 10.2. The minimum absolute atomic E-state index is 0.452. The second-order valence-electron chi connectivity index (χ2n) is 3.63. The van der Waals surface area contributed by atoms with Crippen LogP contribution in [0.4, 0.5) is 17.1 Å². The maximum absolute atomic E-state index is 8.76. The zero-order valence-corrected chi connectivity index (χ0v) is 10.8. The Labute approximate surface area is 115 Å². The largest absolute Gasteiger partial charge is 0.396 e. The molecule has 0 aliphatic rings. The van der Waals surface area contributed by atoms with Crippen molar-refractivity contribution in [2.24, 2.45) is 0 Å². The molecular formula is C13H9Cl2N3. The van der Waals surface area contributed by atoms with Gasteiger partial charge in [-0.1, -0.05) is 29.3 Å². The van der Waals surface area contributed by atoms with Crippen molar-refractivity contribution in [2.45, 2.75) is 0 Å². The van der Waals surface area contributed by atoms with Crippen molar-refractivity contribution in [3.63, 3.8) is 0 Å². The van der Waals surface area contributed by atoms with Gasteiger partial charge in [-0.15, -0.1) is 0 Å². The lowest BCUT2D eigenvalue weighted by molar-refractivity contribution is 1.47. The Balaban J connectivity index is 2.35. The van der Waals surface area contributed by atoms with Crippen LogP contribution in [0.25, 0.3) is 0 Å². The van der Waals surface area contributed by atoms with E-state index in [1.54, 1.807) is 36.4 Å². The average Bonchev–Trinajstić information content (AvgIpc) is 2.37. The van der Waals surface area contributed by atoms with Crippen molar-refractivity contribution in [3.05, 3.63) is 52.0 Å². The van der Waals surface area contributed by atoms with Crippen LogP contribution >= 0.6 is 23.2 Å². The monoisotopic (exact) mass is 277 g/mol. The zero-order chi connectivity index (χ0) is 13.1. The minimum atomic E-state index is 0.452. The molecule has 18 heavy (non-hydrogen) atoms. The van der Waals surface area contributed by atoms with Gasteiger partial charge in [-0.05, 0) is 30.3 Å². The number of nitrogens with one attached hydrogen (secondary N) is 1. The highest BCUT2D eigenvalue weighted by Gasteiger charge is 2.06. The molecule has 0 amide bonds. The molecule has 2 rings (SSSR count). The van der Waals surface area contributed by atoms with Gasteiger partial charge in [-0.3, -0.25) is 0 Å². The molecule has 0 radical (unpaired) electrons. The molecule has 0 aromatic heterocycles. The van der Waals surface area contributed by atoms with Gasteiger partial charge in [0.15, 0.2) is 0 Å². The van der Waals surface area contributed by atoms with Crippen molar-refractivity contribution in [3.8, 4) is 6.07 Å². The third-order valence-corrected chi connectivity index (χ3v) is 3.06. The molecule has 3 N–H and O–H groups in total. The van der Waals surface area contributed by atoms with Crippen LogP contribution in [0, 0.1) is 11.3 Å². The van der Waals surface area contributed by atoms with Crippen LogP contribution in [0.1, 0.15) is 5.56 Å². The Morgan fingerprint density at radius 3 is 2.50 bits per heavy atom. The fourth-order valence-corrected chi connectivity index (χ4v) is 1.88. The topological polar surface area (TPSA) is 61.8 Å². The summed E-state index contributed by atoms with van der Waals surface area (Å²) in [4.78, 5) is 0. The molecule has 90 valence electrons.